The Morgan fingerprint density at radius 2 is 2.29 bits per heavy atom. The number of β-amino-alcohol motifs (C(OH)–C–C–N with tert-alkyl or cyclic N) is 1. The number of hydrogen-bond acceptors (Lipinski definition) is 3. The Labute approximate surface area is 100 Å². The maximum atomic E-state index is 10.4. The number of benzene rings is 1. The molecule has 1 saturated heterocycles. The summed E-state index contributed by atoms with van der Waals surface area (Å²) in [5, 5.41) is 19.3. The van der Waals surface area contributed by atoms with Crippen LogP contribution in [0.4, 0.5) is 0 Å². The van der Waals surface area contributed by atoms with Crippen LogP contribution >= 0.6 is 0 Å². The molecule has 1 aliphatic rings. The number of aliphatic hydroxyl groups is 1. The second kappa shape index (κ2) is 3.82. The lowest BCUT2D eigenvalue weighted by molar-refractivity contribution is 0.0611. The maximum Gasteiger partial charge on any atom is 0.0839 e. The average Bonchev–Trinajstić information content (AvgIpc) is 2.86. The van der Waals surface area contributed by atoms with Crippen molar-refractivity contribution in [1.29, 1.82) is 0 Å². The Kier molecular flexibility index (Phi) is 2.42. The molecule has 1 aromatic carbocycles. The van der Waals surface area contributed by atoms with E-state index in [-0.39, 0.29) is 0 Å². The van der Waals surface area contributed by atoms with Gasteiger partial charge in [0.05, 0.1) is 16.8 Å². The smallest absolute Gasteiger partial charge is 0.0839 e. The first-order chi connectivity index (χ1) is 8.18. The van der Waals surface area contributed by atoms with E-state index in [0.717, 1.165) is 29.6 Å². The van der Waals surface area contributed by atoms with Gasteiger partial charge in [-0.2, -0.15) is 5.10 Å². The predicted octanol–water partition coefficient (Wildman–Crippen LogP) is 0.840. The van der Waals surface area contributed by atoms with Gasteiger partial charge in [0.25, 0.3) is 0 Å². The topological polar surface area (TPSA) is 50.1 Å². The van der Waals surface area contributed by atoms with Crippen molar-refractivity contribution in [2.75, 3.05) is 13.1 Å². The zero-order valence-electron chi connectivity index (χ0n) is 9.98. The molecule has 4 nitrogen and oxygen atoms in total. The van der Waals surface area contributed by atoms with Gasteiger partial charge in [-0.1, -0.05) is 18.2 Å². The molecule has 1 aromatic heterocycles. The number of hydrogen-bond donors (Lipinski definition) is 2. The highest BCUT2D eigenvalue weighted by molar-refractivity contribution is 5.81. The second-order valence-corrected chi connectivity index (χ2v) is 4.92. The molecule has 2 N–H and O–H groups in total. The average molecular weight is 231 g/mol. The van der Waals surface area contributed by atoms with Crippen LogP contribution in [-0.4, -0.2) is 33.6 Å². The molecular formula is C13H17N3O. The van der Waals surface area contributed by atoms with E-state index < -0.39 is 5.60 Å². The minimum atomic E-state index is -0.628. The number of fused-ring (bicyclic) bond motifs is 1. The monoisotopic (exact) mass is 231 g/mol. The Balaban J connectivity index is 2.00. The first-order valence-electron chi connectivity index (χ1n) is 6.02. The van der Waals surface area contributed by atoms with Gasteiger partial charge < -0.3 is 10.4 Å². The highest BCUT2D eigenvalue weighted by atomic mass is 16.3. The van der Waals surface area contributed by atoms with E-state index in [1.54, 1.807) is 0 Å². The van der Waals surface area contributed by atoms with Crippen LogP contribution in [0.15, 0.2) is 24.3 Å². The van der Waals surface area contributed by atoms with Crippen LogP contribution in [0.25, 0.3) is 10.9 Å². The Morgan fingerprint density at radius 3 is 3.06 bits per heavy atom. The summed E-state index contributed by atoms with van der Waals surface area (Å²) in [6.07, 6.45) is 1.43. The molecule has 1 aliphatic heterocycles. The number of nitrogens with zero attached hydrogens (tertiary/aromatic N) is 2. The maximum absolute atomic E-state index is 10.4. The third-order valence-corrected chi connectivity index (χ3v) is 3.55. The molecule has 0 aliphatic carbocycles. The van der Waals surface area contributed by atoms with Crippen molar-refractivity contribution in [2.24, 2.45) is 7.05 Å². The largest absolute Gasteiger partial charge is 0.388 e. The second-order valence-electron chi connectivity index (χ2n) is 4.92. The van der Waals surface area contributed by atoms with Crippen molar-refractivity contribution < 1.29 is 5.11 Å². The van der Waals surface area contributed by atoms with Gasteiger partial charge in [0.1, 0.15) is 0 Å². The van der Waals surface area contributed by atoms with Crippen LogP contribution < -0.4 is 5.32 Å². The van der Waals surface area contributed by atoms with Crippen molar-refractivity contribution in [1.82, 2.24) is 15.1 Å². The zero-order valence-corrected chi connectivity index (χ0v) is 9.98. The van der Waals surface area contributed by atoms with Crippen molar-refractivity contribution in [3.8, 4) is 0 Å². The summed E-state index contributed by atoms with van der Waals surface area (Å²) in [5.74, 6) is 0. The first kappa shape index (κ1) is 10.7. The Bertz CT molecular complexity index is 541. The van der Waals surface area contributed by atoms with Crippen LogP contribution in [-0.2, 0) is 13.5 Å². The van der Waals surface area contributed by atoms with Crippen molar-refractivity contribution in [3.63, 3.8) is 0 Å². The van der Waals surface area contributed by atoms with Gasteiger partial charge in [0.15, 0.2) is 0 Å². The Hall–Kier alpha value is -1.39. The van der Waals surface area contributed by atoms with E-state index in [9.17, 15) is 5.11 Å². The molecule has 1 unspecified atom stereocenters. The van der Waals surface area contributed by atoms with Gasteiger partial charge in [-0.25, -0.2) is 0 Å². The fraction of sp³-hybridized carbons (Fsp3) is 0.462. The SMILES string of the molecule is Cn1nc(CC2(O)CCNC2)c2ccccc21. The lowest BCUT2D eigenvalue weighted by Gasteiger charge is -2.19. The summed E-state index contributed by atoms with van der Waals surface area (Å²) in [6.45, 7) is 1.55. The number of nitrogens with one attached hydrogen (secondary N) is 1. The number of aryl methyl sites for hydroxylation is 1. The zero-order chi connectivity index (χ0) is 11.9. The molecule has 0 saturated carbocycles. The molecule has 1 atom stereocenters. The number of para-hydroxylation sites is 1. The van der Waals surface area contributed by atoms with Crippen LogP contribution in [0.5, 0.6) is 0 Å². The van der Waals surface area contributed by atoms with Gasteiger partial charge >= 0.3 is 0 Å². The number of rotatable bonds is 2. The van der Waals surface area contributed by atoms with E-state index in [4.69, 9.17) is 0 Å². The predicted molar refractivity (Wildman–Crippen MR) is 66.9 cm³/mol. The molecule has 0 amide bonds. The third kappa shape index (κ3) is 1.83. The summed E-state index contributed by atoms with van der Waals surface area (Å²) >= 11 is 0. The van der Waals surface area contributed by atoms with E-state index in [2.05, 4.69) is 22.5 Å². The summed E-state index contributed by atoms with van der Waals surface area (Å²) in [4.78, 5) is 0. The minimum Gasteiger partial charge on any atom is -0.388 e. The summed E-state index contributed by atoms with van der Waals surface area (Å²) in [6, 6.07) is 8.16. The molecule has 4 heteroatoms. The van der Waals surface area contributed by atoms with E-state index >= 15 is 0 Å². The van der Waals surface area contributed by atoms with E-state index in [0.29, 0.717) is 13.0 Å². The van der Waals surface area contributed by atoms with E-state index in [1.807, 2.05) is 23.9 Å². The summed E-state index contributed by atoms with van der Waals surface area (Å²) < 4.78 is 1.89. The standard InChI is InChI=1S/C13H17N3O/c1-16-12-5-3-2-4-10(12)11(15-16)8-13(17)6-7-14-9-13/h2-5,14,17H,6-9H2,1H3. The van der Waals surface area contributed by atoms with Crippen LogP contribution in [0.1, 0.15) is 12.1 Å². The molecule has 2 heterocycles. The molecule has 0 radical (unpaired) electrons. The van der Waals surface area contributed by atoms with Gasteiger partial charge in [-0.3, -0.25) is 4.68 Å². The lowest BCUT2D eigenvalue weighted by Crippen LogP contribution is -2.34. The highest BCUT2D eigenvalue weighted by Gasteiger charge is 2.32. The molecule has 90 valence electrons. The quantitative estimate of drug-likeness (QED) is 0.805. The minimum absolute atomic E-state index is 0.626. The van der Waals surface area contributed by atoms with Gasteiger partial charge in [-0.05, 0) is 19.0 Å². The fourth-order valence-corrected chi connectivity index (χ4v) is 2.61. The lowest BCUT2D eigenvalue weighted by atomic mass is 9.95. The molecule has 17 heavy (non-hydrogen) atoms. The van der Waals surface area contributed by atoms with Crippen molar-refractivity contribution in [3.05, 3.63) is 30.0 Å². The van der Waals surface area contributed by atoms with Crippen molar-refractivity contribution >= 4 is 10.9 Å². The van der Waals surface area contributed by atoms with Gasteiger partial charge in [0, 0.05) is 25.4 Å². The molecule has 1 fully saturated rings. The van der Waals surface area contributed by atoms with Crippen LogP contribution in [0.2, 0.25) is 0 Å². The van der Waals surface area contributed by atoms with E-state index in [1.165, 1.54) is 0 Å². The fourth-order valence-electron chi connectivity index (χ4n) is 2.61. The highest BCUT2D eigenvalue weighted by Crippen LogP contribution is 2.25. The molecular weight excluding hydrogens is 214 g/mol. The molecule has 0 bridgehead atoms. The van der Waals surface area contributed by atoms with Crippen LogP contribution in [0, 0.1) is 0 Å². The summed E-state index contributed by atoms with van der Waals surface area (Å²) in [5.41, 5.74) is 1.49. The third-order valence-electron chi connectivity index (χ3n) is 3.55. The van der Waals surface area contributed by atoms with Crippen molar-refractivity contribution in [2.45, 2.75) is 18.4 Å². The number of aromatic nitrogens is 2. The first-order valence-corrected chi connectivity index (χ1v) is 6.02. The summed E-state index contributed by atoms with van der Waals surface area (Å²) in [7, 11) is 1.95. The molecule has 3 rings (SSSR count). The van der Waals surface area contributed by atoms with Gasteiger partial charge in [0.2, 0.25) is 0 Å². The van der Waals surface area contributed by atoms with Crippen LogP contribution in [0.3, 0.4) is 0 Å². The normalized spacial score (nSPS) is 24.6. The molecule has 0 spiro atoms. The van der Waals surface area contributed by atoms with Gasteiger partial charge in [-0.15, -0.1) is 0 Å². The Morgan fingerprint density at radius 1 is 1.47 bits per heavy atom. The molecule has 2 aromatic rings.